The zero-order valence-electron chi connectivity index (χ0n) is 15.7. The fraction of sp³-hybridized carbons (Fsp3) is 0.700. The van der Waals surface area contributed by atoms with Gasteiger partial charge in [-0.05, 0) is 22.3 Å². The van der Waals surface area contributed by atoms with Crippen molar-refractivity contribution in [3.8, 4) is 11.5 Å². The average Bonchev–Trinajstić information content (AvgIpc) is 2.67. The van der Waals surface area contributed by atoms with Crippen LogP contribution in [-0.2, 0) is 17.3 Å². The van der Waals surface area contributed by atoms with Crippen LogP contribution in [0.5, 0.6) is 11.5 Å². The monoisotopic (exact) mass is 304 g/mol. The van der Waals surface area contributed by atoms with E-state index in [1.807, 2.05) is 0 Å². The van der Waals surface area contributed by atoms with Crippen molar-refractivity contribution >= 4 is 0 Å². The van der Waals surface area contributed by atoms with Crippen LogP contribution in [0.25, 0.3) is 0 Å². The van der Waals surface area contributed by atoms with Crippen molar-refractivity contribution in [1.82, 2.24) is 0 Å². The molecule has 0 spiro atoms. The molecule has 2 heteroatoms. The van der Waals surface area contributed by atoms with Gasteiger partial charge in [-0.3, -0.25) is 0 Å². The molecule has 0 unspecified atom stereocenters. The molecule has 1 aromatic rings. The third-order valence-electron chi connectivity index (χ3n) is 4.55. The summed E-state index contributed by atoms with van der Waals surface area (Å²) in [6, 6.07) is 2.06. The van der Waals surface area contributed by atoms with Gasteiger partial charge in [0.05, 0.1) is 0 Å². The van der Waals surface area contributed by atoms with Crippen molar-refractivity contribution in [2.24, 2.45) is 5.41 Å². The first kappa shape index (κ1) is 17.2. The van der Waals surface area contributed by atoms with E-state index in [4.69, 9.17) is 4.74 Å². The van der Waals surface area contributed by atoms with Crippen molar-refractivity contribution in [2.45, 2.75) is 85.7 Å². The summed E-state index contributed by atoms with van der Waals surface area (Å²) in [5, 5.41) is 11.0. The van der Waals surface area contributed by atoms with E-state index < -0.39 is 0 Å². The number of aromatic hydroxyl groups is 1. The minimum absolute atomic E-state index is 0.0890. The molecule has 1 aliphatic rings. The molecule has 0 bridgehead atoms. The lowest BCUT2D eigenvalue weighted by Gasteiger charge is -2.29. The quantitative estimate of drug-likeness (QED) is 0.701. The van der Waals surface area contributed by atoms with Crippen LogP contribution in [-0.4, -0.2) is 11.2 Å². The molecule has 1 aromatic carbocycles. The molecule has 2 rings (SSSR count). The van der Waals surface area contributed by atoms with Crippen molar-refractivity contribution in [3.63, 3.8) is 0 Å². The van der Waals surface area contributed by atoms with Crippen LogP contribution in [0.4, 0.5) is 0 Å². The molecule has 0 radical (unpaired) electrons. The number of phenols is 1. The third-order valence-corrected chi connectivity index (χ3v) is 4.55. The second kappa shape index (κ2) is 4.91. The normalized spacial score (nSPS) is 19.0. The van der Waals surface area contributed by atoms with Gasteiger partial charge >= 0.3 is 0 Å². The van der Waals surface area contributed by atoms with E-state index in [2.05, 4.69) is 68.4 Å². The molecule has 0 saturated carbocycles. The second-order valence-corrected chi connectivity index (χ2v) is 9.80. The highest BCUT2D eigenvalue weighted by Crippen LogP contribution is 2.49. The largest absolute Gasteiger partial charge is 0.507 e. The van der Waals surface area contributed by atoms with Gasteiger partial charge in [-0.2, -0.15) is 0 Å². The van der Waals surface area contributed by atoms with E-state index >= 15 is 0 Å². The Morgan fingerprint density at radius 2 is 1.50 bits per heavy atom. The van der Waals surface area contributed by atoms with Gasteiger partial charge in [0.1, 0.15) is 17.6 Å². The highest BCUT2D eigenvalue weighted by Gasteiger charge is 2.39. The first-order valence-electron chi connectivity index (χ1n) is 8.29. The number of hydrogen-bond acceptors (Lipinski definition) is 2. The zero-order chi connectivity index (χ0) is 17.1. The Morgan fingerprint density at radius 3 is 1.91 bits per heavy atom. The summed E-state index contributed by atoms with van der Waals surface area (Å²) in [7, 11) is 0. The molecule has 1 heterocycles. The Kier molecular flexibility index (Phi) is 3.83. The third kappa shape index (κ3) is 2.98. The zero-order valence-corrected chi connectivity index (χ0v) is 15.7. The molecule has 124 valence electrons. The number of ether oxygens (including phenoxy) is 1. The van der Waals surface area contributed by atoms with Gasteiger partial charge in [-0.25, -0.2) is 0 Å². The van der Waals surface area contributed by atoms with Gasteiger partial charge in [0, 0.05) is 23.1 Å². The highest BCUT2D eigenvalue weighted by atomic mass is 16.5. The lowest BCUT2D eigenvalue weighted by molar-refractivity contribution is 0.109. The van der Waals surface area contributed by atoms with E-state index in [1.54, 1.807) is 0 Å². The molecule has 0 aromatic heterocycles. The van der Waals surface area contributed by atoms with Crippen LogP contribution in [0.15, 0.2) is 6.07 Å². The first-order chi connectivity index (χ1) is 9.73. The number of phenolic OH excluding ortho intramolecular Hbond substituents is 1. The predicted octanol–water partition coefficient (Wildman–Crippen LogP) is 5.34. The minimum atomic E-state index is -0.109. The fourth-order valence-corrected chi connectivity index (χ4v) is 3.24. The number of fused-ring (bicyclic) bond motifs is 1. The molecule has 2 nitrogen and oxygen atoms in total. The molecule has 1 atom stereocenters. The van der Waals surface area contributed by atoms with Crippen LogP contribution >= 0.6 is 0 Å². The van der Waals surface area contributed by atoms with E-state index in [0.29, 0.717) is 5.75 Å². The maximum atomic E-state index is 11.0. The smallest absolute Gasteiger partial charge is 0.123 e. The van der Waals surface area contributed by atoms with Crippen LogP contribution in [0.1, 0.15) is 79.0 Å². The second-order valence-electron chi connectivity index (χ2n) is 9.80. The van der Waals surface area contributed by atoms with Gasteiger partial charge in [0.2, 0.25) is 0 Å². The summed E-state index contributed by atoms with van der Waals surface area (Å²) < 4.78 is 6.29. The van der Waals surface area contributed by atoms with Gasteiger partial charge in [-0.1, -0.05) is 62.3 Å². The van der Waals surface area contributed by atoms with Crippen LogP contribution in [0.3, 0.4) is 0 Å². The minimum Gasteiger partial charge on any atom is -0.507 e. The molecule has 0 amide bonds. The maximum Gasteiger partial charge on any atom is 0.123 e. The fourth-order valence-electron chi connectivity index (χ4n) is 3.24. The first-order valence-corrected chi connectivity index (χ1v) is 8.29. The Hall–Kier alpha value is -1.18. The summed E-state index contributed by atoms with van der Waals surface area (Å²) in [5.41, 5.74) is 3.10. The van der Waals surface area contributed by atoms with Gasteiger partial charge in [0.25, 0.3) is 0 Å². The Labute approximate surface area is 135 Å². The highest BCUT2D eigenvalue weighted by molar-refractivity contribution is 5.59. The molecule has 1 N–H and O–H groups in total. The maximum absolute atomic E-state index is 11.0. The van der Waals surface area contributed by atoms with E-state index in [0.717, 1.165) is 23.3 Å². The standard InChI is InChI=1S/C20H32O2/c1-18(2,3)13-11-14-12(10-15(22-14)19(4,5)6)16(17(13)21)20(7,8)9/h11,15,21H,10H2,1-9H3/t15-/m1/s1. The molecular weight excluding hydrogens is 272 g/mol. The average molecular weight is 304 g/mol. The lowest BCUT2D eigenvalue weighted by atomic mass is 9.75. The Bertz CT molecular complexity index is 578. The van der Waals surface area contributed by atoms with Gasteiger partial charge < -0.3 is 9.84 Å². The number of benzene rings is 1. The number of rotatable bonds is 0. The topological polar surface area (TPSA) is 29.5 Å². The van der Waals surface area contributed by atoms with Gasteiger partial charge in [-0.15, -0.1) is 0 Å². The Morgan fingerprint density at radius 1 is 0.955 bits per heavy atom. The van der Waals surface area contributed by atoms with Crippen LogP contribution < -0.4 is 4.74 Å². The molecule has 0 aliphatic carbocycles. The summed E-state index contributed by atoms with van der Waals surface area (Å²) in [6.45, 7) is 19.5. The summed E-state index contributed by atoms with van der Waals surface area (Å²) in [6.07, 6.45) is 1.04. The van der Waals surface area contributed by atoms with Crippen LogP contribution in [0.2, 0.25) is 0 Å². The molecular formula is C20H32O2. The van der Waals surface area contributed by atoms with Crippen molar-refractivity contribution in [1.29, 1.82) is 0 Å². The molecule has 0 saturated heterocycles. The van der Waals surface area contributed by atoms with E-state index in [1.165, 1.54) is 5.56 Å². The summed E-state index contributed by atoms with van der Waals surface area (Å²) >= 11 is 0. The lowest BCUT2D eigenvalue weighted by Crippen LogP contribution is -2.30. The Balaban J connectivity index is 2.68. The van der Waals surface area contributed by atoms with Crippen molar-refractivity contribution < 1.29 is 9.84 Å². The SMILES string of the molecule is CC(C)(C)c1cc2c(c(C(C)(C)C)c1O)C[C@H](C(C)(C)C)O2. The molecule has 22 heavy (non-hydrogen) atoms. The summed E-state index contributed by atoms with van der Waals surface area (Å²) in [4.78, 5) is 0. The molecule has 0 fully saturated rings. The van der Waals surface area contributed by atoms with Crippen molar-refractivity contribution in [3.05, 3.63) is 22.8 Å². The molecule has 1 aliphatic heterocycles. The van der Waals surface area contributed by atoms with Crippen LogP contribution in [0, 0.1) is 5.41 Å². The van der Waals surface area contributed by atoms with Crippen molar-refractivity contribution in [2.75, 3.05) is 0 Å². The summed E-state index contributed by atoms with van der Waals surface area (Å²) in [5.74, 6) is 1.42. The predicted molar refractivity (Wildman–Crippen MR) is 93.1 cm³/mol. The number of hydrogen-bond donors (Lipinski definition) is 1. The van der Waals surface area contributed by atoms with E-state index in [9.17, 15) is 5.11 Å². The van der Waals surface area contributed by atoms with Gasteiger partial charge in [0.15, 0.2) is 0 Å². The van der Waals surface area contributed by atoms with E-state index in [-0.39, 0.29) is 22.3 Å².